The van der Waals surface area contributed by atoms with Gasteiger partial charge in [-0.15, -0.1) is 0 Å². The molecule has 0 saturated carbocycles. The molecule has 0 saturated heterocycles. The predicted molar refractivity (Wildman–Crippen MR) is 157 cm³/mol. The third kappa shape index (κ3) is 5.43. The van der Waals surface area contributed by atoms with E-state index in [0.717, 1.165) is 0 Å². The van der Waals surface area contributed by atoms with Crippen molar-refractivity contribution < 1.29 is 43.4 Å². The van der Waals surface area contributed by atoms with Gasteiger partial charge >= 0.3 is 17.9 Å². The largest absolute Gasteiger partial charge is 0.453 e. The molecule has 0 aromatic heterocycles. The van der Waals surface area contributed by atoms with Crippen LogP contribution < -0.4 is 4.74 Å². The molecule has 0 aliphatic carbocycles. The fourth-order valence-electron chi connectivity index (χ4n) is 4.57. The standard InChI is InChI=1S/C30H24Cl4O9/c1-28(2,3)42-40-26(36)19-17(31)11-15-23(21(19)33)38-24-16(30(15)14-10-8-7-9-13(14)25(35)39-30)12-18(32)20(22(24)34)27(37)41-43-29(4,5)6/h7-12H,1-6H3. The van der Waals surface area contributed by atoms with E-state index in [1.807, 2.05) is 0 Å². The number of rotatable bonds is 4. The molecule has 5 rings (SSSR count). The molecular formula is C30H24Cl4O9. The van der Waals surface area contributed by atoms with Crippen LogP contribution in [0.2, 0.25) is 20.1 Å². The van der Waals surface area contributed by atoms with Crippen LogP contribution >= 0.6 is 46.4 Å². The number of benzene rings is 3. The summed E-state index contributed by atoms with van der Waals surface area (Å²) in [7, 11) is 0. The number of hydrogen-bond acceptors (Lipinski definition) is 9. The summed E-state index contributed by atoms with van der Waals surface area (Å²) in [5.41, 5.74) is -3.02. The van der Waals surface area contributed by atoms with Crippen molar-refractivity contribution in [2.45, 2.75) is 58.3 Å². The Hall–Kier alpha value is -3.05. The Morgan fingerprint density at radius 1 is 0.721 bits per heavy atom. The lowest BCUT2D eigenvalue weighted by Crippen LogP contribution is -2.34. The minimum absolute atomic E-state index is 0.139. The van der Waals surface area contributed by atoms with E-state index in [1.165, 1.54) is 12.1 Å². The van der Waals surface area contributed by atoms with E-state index in [4.69, 9.17) is 75.4 Å². The van der Waals surface area contributed by atoms with Gasteiger partial charge < -0.3 is 9.47 Å². The third-order valence-electron chi connectivity index (χ3n) is 6.22. The van der Waals surface area contributed by atoms with Crippen LogP contribution in [0.3, 0.4) is 0 Å². The van der Waals surface area contributed by atoms with Crippen molar-refractivity contribution in [2.24, 2.45) is 0 Å². The van der Waals surface area contributed by atoms with Crippen LogP contribution in [0.1, 0.15) is 89.3 Å². The van der Waals surface area contributed by atoms with Gasteiger partial charge in [0.1, 0.15) is 22.3 Å². The van der Waals surface area contributed by atoms with Crippen LogP contribution in [0.15, 0.2) is 36.4 Å². The molecule has 3 aromatic carbocycles. The van der Waals surface area contributed by atoms with Gasteiger partial charge in [0, 0.05) is 5.56 Å². The molecule has 9 nitrogen and oxygen atoms in total. The minimum atomic E-state index is -1.74. The number of hydrogen-bond donors (Lipinski definition) is 0. The zero-order valence-electron chi connectivity index (χ0n) is 23.7. The van der Waals surface area contributed by atoms with E-state index in [9.17, 15) is 14.4 Å². The summed E-state index contributed by atoms with van der Waals surface area (Å²) in [5.74, 6) is -2.96. The maximum absolute atomic E-state index is 13.2. The Morgan fingerprint density at radius 3 is 1.60 bits per heavy atom. The van der Waals surface area contributed by atoms with E-state index in [2.05, 4.69) is 0 Å². The van der Waals surface area contributed by atoms with Gasteiger partial charge in [-0.1, -0.05) is 64.6 Å². The Balaban J connectivity index is 1.76. The van der Waals surface area contributed by atoms with Gasteiger partial charge in [-0.2, -0.15) is 9.78 Å². The maximum Gasteiger partial charge on any atom is 0.376 e. The molecule has 2 aliphatic rings. The number of halogens is 4. The first-order chi connectivity index (χ1) is 20.0. The molecule has 226 valence electrons. The average molecular weight is 670 g/mol. The molecule has 43 heavy (non-hydrogen) atoms. The molecule has 3 aromatic rings. The summed E-state index contributed by atoms with van der Waals surface area (Å²) in [5, 5.41) is -0.868. The summed E-state index contributed by atoms with van der Waals surface area (Å²) in [4.78, 5) is 59.6. The second-order valence-corrected chi connectivity index (χ2v) is 13.3. The van der Waals surface area contributed by atoms with Crippen molar-refractivity contribution in [2.75, 3.05) is 0 Å². The molecule has 0 radical (unpaired) electrons. The SMILES string of the molecule is CC(C)(C)OOC(=O)c1c(Cl)cc2c(c1Cl)Oc1c(cc(Cl)c(C(=O)OOC(C)(C)C)c1Cl)C21OC(=O)c2ccccc21. The van der Waals surface area contributed by atoms with Gasteiger partial charge in [-0.05, 0) is 59.7 Å². The summed E-state index contributed by atoms with van der Waals surface area (Å²) in [6.45, 7) is 10.0. The lowest BCUT2D eigenvalue weighted by atomic mass is 9.77. The smallest absolute Gasteiger partial charge is 0.376 e. The number of carbonyl (C=O) groups is 3. The van der Waals surface area contributed by atoms with Crippen LogP contribution in [-0.2, 0) is 29.9 Å². The number of esters is 1. The summed E-state index contributed by atoms with van der Waals surface area (Å²) in [6.07, 6.45) is 0. The first-order valence-electron chi connectivity index (χ1n) is 12.8. The van der Waals surface area contributed by atoms with Crippen LogP contribution in [0.25, 0.3) is 0 Å². The van der Waals surface area contributed by atoms with E-state index in [-0.39, 0.29) is 59.4 Å². The van der Waals surface area contributed by atoms with E-state index in [0.29, 0.717) is 5.56 Å². The van der Waals surface area contributed by atoms with Crippen LogP contribution in [0.4, 0.5) is 0 Å². The maximum atomic E-state index is 13.2. The Labute approximate surface area is 266 Å². The van der Waals surface area contributed by atoms with E-state index in [1.54, 1.807) is 65.8 Å². The summed E-state index contributed by atoms with van der Waals surface area (Å²) < 4.78 is 12.3. The number of carbonyl (C=O) groups excluding carboxylic acids is 3. The quantitative estimate of drug-likeness (QED) is 0.153. The third-order valence-corrected chi connectivity index (χ3v) is 7.54. The van der Waals surface area contributed by atoms with Crippen molar-refractivity contribution in [3.8, 4) is 11.5 Å². The van der Waals surface area contributed by atoms with Gasteiger partial charge in [0.05, 0.1) is 36.8 Å². The number of ether oxygens (including phenoxy) is 2. The second kappa shape index (κ2) is 10.8. The highest BCUT2D eigenvalue weighted by Gasteiger charge is 2.55. The molecule has 0 bridgehead atoms. The molecular weight excluding hydrogens is 646 g/mol. The fourth-order valence-corrected chi connectivity index (χ4v) is 5.87. The van der Waals surface area contributed by atoms with Gasteiger partial charge in [0.2, 0.25) is 0 Å². The Bertz CT molecular complexity index is 1610. The van der Waals surface area contributed by atoms with Crippen molar-refractivity contribution in [1.82, 2.24) is 0 Å². The highest BCUT2D eigenvalue weighted by atomic mass is 35.5. The molecule has 2 aliphatic heterocycles. The highest BCUT2D eigenvalue weighted by molar-refractivity contribution is 6.42. The predicted octanol–water partition coefficient (Wildman–Crippen LogP) is 8.64. The molecule has 0 fully saturated rings. The molecule has 0 amide bonds. The topological polar surface area (TPSA) is 107 Å². The second-order valence-electron chi connectivity index (χ2n) is 11.7. The molecule has 0 unspecified atom stereocenters. The van der Waals surface area contributed by atoms with Crippen LogP contribution in [-0.4, -0.2) is 29.1 Å². The van der Waals surface area contributed by atoms with Crippen LogP contribution in [0, 0.1) is 0 Å². The van der Waals surface area contributed by atoms with Gasteiger partial charge in [-0.25, -0.2) is 14.4 Å². The van der Waals surface area contributed by atoms with Crippen LogP contribution in [0.5, 0.6) is 11.5 Å². The fraction of sp³-hybridized carbons (Fsp3) is 0.300. The van der Waals surface area contributed by atoms with Gasteiger partial charge in [-0.3, -0.25) is 9.78 Å². The normalized spacial score (nSPS) is 14.8. The summed E-state index contributed by atoms with van der Waals surface area (Å²) >= 11 is 26.7. The van der Waals surface area contributed by atoms with Crippen molar-refractivity contribution in [1.29, 1.82) is 0 Å². The van der Waals surface area contributed by atoms with Crippen molar-refractivity contribution in [3.63, 3.8) is 0 Å². The number of fused-ring (bicyclic) bond motifs is 6. The van der Waals surface area contributed by atoms with Gasteiger partial charge in [0.15, 0.2) is 17.1 Å². The summed E-state index contributed by atoms with van der Waals surface area (Å²) in [6, 6.07) is 9.36. The van der Waals surface area contributed by atoms with E-state index >= 15 is 0 Å². The molecule has 13 heteroatoms. The molecule has 1 spiro atoms. The monoisotopic (exact) mass is 668 g/mol. The lowest BCUT2D eigenvalue weighted by molar-refractivity contribution is -0.301. The van der Waals surface area contributed by atoms with Crippen molar-refractivity contribution >= 4 is 64.3 Å². The first-order valence-corrected chi connectivity index (χ1v) is 14.3. The molecule has 0 N–H and O–H groups in total. The molecule has 0 atom stereocenters. The van der Waals surface area contributed by atoms with Crippen molar-refractivity contribution in [3.05, 3.63) is 89.9 Å². The Morgan fingerprint density at radius 2 is 1.16 bits per heavy atom. The van der Waals surface area contributed by atoms with Gasteiger partial charge in [0.25, 0.3) is 0 Å². The zero-order valence-corrected chi connectivity index (χ0v) is 26.7. The first kappa shape index (κ1) is 31.4. The zero-order chi connectivity index (χ0) is 31.6. The van der Waals surface area contributed by atoms with E-state index < -0.39 is 34.7 Å². The molecule has 2 heterocycles. The highest BCUT2D eigenvalue weighted by Crippen LogP contribution is 2.61. The minimum Gasteiger partial charge on any atom is -0.453 e. The lowest BCUT2D eigenvalue weighted by Gasteiger charge is -2.38. The average Bonchev–Trinajstić information content (AvgIpc) is 3.20. The Kier molecular flexibility index (Phi) is 7.91.